The average molecular weight is 304 g/mol. The maximum Gasteiger partial charge on any atom is 2.00 e. The van der Waals surface area contributed by atoms with Gasteiger partial charge in [-0.05, 0) is 10.3 Å². The molecule has 0 nitrogen and oxygen atoms in total. The van der Waals surface area contributed by atoms with Gasteiger partial charge >= 0.3 is 48.9 Å². The molecule has 1 aromatic rings. The first-order chi connectivity index (χ1) is 5.43. The van der Waals surface area contributed by atoms with Crippen molar-refractivity contribution in [3.05, 3.63) is 35.7 Å². The molecule has 0 amide bonds. The Morgan fingerprint density at radius 1 is 1.50 bits per heavy atom. The predicted molar refractivity (Wildman–Crippen MR) is 57.3 cm³/mol. The molecule has 0 atom stereocenters. The van der Waals surface area contributed by atoms with Gasteiger partial charge in [-0.1, -0.05) is 12.1 Å². The van der Waals surface area contributed by atoms with Crippen LogP contribution in [0.5, 0.6) is 0 Å². The zero-order valence-electron chi connectivity index (χ0n) is 7.46. The van der Waals surface area contributed by atoms with E-state index >= 15 is 0 Å². The van der Waals surface area contributed by atoms with Crippen LogP contribution in [-0.2, 0) is 6.42 Å². The molecule has 0 bridgehead atoms. The van der Waals surface area contributed by atoms with Gasteiger partial charge in [0.25, 0.3) is 0 Å². The van der Waals surface area contributed by atoms with E-state index < -0.39 is 0 Å². The van der Waals surface area contributed by atoms with Gasteiger partial charge in [0.05, 0.1) is 0 Å². The normalized spacial score (nSPS) is 9.42. The number of hydrogen-bond acceptors (Lipinski definition) is 1. The van der Waals surface area contributed by atoms with Crippen molar-refractivity contribution in [1.82, 2.24) is 0 Å². The Balaban J connectivity index is 0.00000121. The van der Waals surface area contributed by atoms with Crippen LogP contribution in [0, 0.1) is 13.3 Å². The third-order valence-corrected chi connectivity index (χ3v) is 2.48. The van der Waals surface area contributed by atoms with Gasteiger partial charge in [-0.2, -0.15) is 24.2 Å². The number of rotatable bonds is 5. The number of unbranched alkanes of at least 4 members (excludes halogenated alkanes) is 3. The van der Waals surface area contributed by atoms with Crippen LogP contribution in [0.4, 0.5) is 0 Å². The minimum absolute atomic E-state index is 0. The molecule has 0 aliphatic rings. The molecule has 0 aromatic carbocycles. The summed E-state index contributed by atoms with van der Waals surface area (Å²) in [6.45, 7) is 3.80. The average Bonchev–Trinajstić information content (AvgIpc) is 2.50. The molecule has 1 aromatic heterocycles. The van der Waals surface area contributed by atoms with E-state index in [0.29, 0.717) is 0 Å². The molecule has 62 valence electrons. The van der Waals surface area contributed by atoms with Crippen LogP contribution in [0.25, 0.3) is 0 Å². The molecule has 0 unspecified atom stereocenters. The fourth-order valence-electron chi connectivity index (χ4n) is 0.962. The maximum atomic E-state index is 3.80. The molecule has 1 rings (SSSR count). The summed E-state index contributed by atoms with van der Waals surface area (Å²) in [6.07, 6.45) is 6.97. The minimum atomic E-state index is 0. The zero-order valence-corrected chi connectivity index (χ0v) is 12.7. The van der Waals surface area contributed by atoms with Crippen LogP contribution in [0.15, 0.2) is 17.5 Å². The standard InChI is InChI=1S/C10H14S.Ba/c1-2-3-4-5-7-10-8-6-9-11-10;/h5-6,8-9H,1-4,7H2;/q-2;+2. The summed E-state index contributed by atoms with van der Waals surface area (Å²) in [7, 11) is 0. The molecule has 0 radical (unpaired) electrons. The number of thiophene rings is 1. The third kappa shape index (κ3) is 5.84. The van der Waals surface area contributed by atoms with Crippen molar-refractivity contribution in [2.45, 2.75) is 25.7 Å². The predicted octanol–water partition coefficient (Wildman–Crippen LogP) is 3.12. The summed E-state index contributed by atoms with van der Waals surface area (Å²) in [5.74, 6) is 0. The number of hydrogen-bond donors (Lipinski definition) is 0. The van der Waals surface area contributed by atoms with Crippen molar-refractivity contribution in [3.8, 4) is 0 Å². The summed E-state index contributed by atoms with van der Waals surface area (Å²) in [5.41, 5.74) is 0. The molecule has 0 fully saturated rings. The molecular weight excluding hydrogens is 290 g/mol. The van der Waals surface area contributed by atoms with Crippen LogP contribution >= 0.6 is 11.3 Å². The van der Waals surface area contributed by atoms with Crippen molar-refractivity contribution in [1.29, 1.82) is 0 Å². The van der Waals surface area contributed by atoms with Crippen molar-refractivity contribution in [2.75, 3.05) is 0 Å². The summed E-state index contributed by atoms with van der Waals surface area (Å²) in [5, 5.41) is 2.13. The Morgan fingerprint density at radius 2 is 2.33 bits per heavy atom. The second-order valence-corrected chi connectivity index (χ2v) is 3.60. The van der Waals surface area contributed by atoms with Crippen LogP contribution in [-0.4, -0.2) is 48.9 Å². The van der Waals surface area contributed by atoms with Crippen molar-refractivity contribution in [2.24, 2.45) is 0 Å². The van der Waals surface area contributed by atoms with Crippen LogP contribution in [0.2, 0.25) is 0 Å². The Morgan fingerprint density at radius 3 is 2.92 bits per heavy atom. The zero-order chi connectivity index (χ0) is 7.94. The van der Waals surface area contributed by atoms with E-state index in [1.54, 1.807) is 0 Å². The van der Waals surface area contributed by atoms with Crippen LogP contribution < -0.4 is 0 Å². The molecule has 0 aliphatic heterocycles. The van der Waals surface area contributed by atoms with Gasteiger partial charge in [0.15, 0.2) is 0 Å². The smallest absolute Gasteiger partial charge is 0.343 e. The van der Waals surface area contributed by atoms with Gasteiger partial charge in [-0.3, -0.25) is 0 Å². The summed E-state index contributed by atoms with van der Waals surface area (Å²) < 4.78 is 0. The van der Waals surface area contributed by atoms with E-state index in [4.69, 9.17) is 0 Å². The van der Waals surface area contributed by atoms with Gasteiger partial charge in [0.1, 0.15) is 0 Å². The Hall–Kier alpha value is 1.27. The van der Waals surface area contributed by atoms with Gasteiger partial charge < -0.3 is 13.3 Å². The maximum absolute atomic E-state index is 3.80. The third-order valence-electron chi connectivity index (χ3n) is 1.58. The van der Waals surface area contributed by atoms with Gasteiger partial charge in [-0.25, -0.2) is 0 Å². The van der Waals surface area contributed by atoms with Gasteiger partial charge in [-0.15, -0.1) is 12.8 Å². The topological polar surface area (TPSA) is 0 Å². The molecule has 1 heterocycles. The van der Waals surface area contributed by atoms with Crippen LogP contribution in [0.1, 0.15) is 24.1 Å². The summed E-state index contributed by atoms with van der Waals surface area (Å²) >= 11 is 1.83. The van der Waals surface area contributed by atoms with Gasteiger partial charge in [0, 0.05) is 0 Å². The van der Waals surface area contributed by atoms with E-state index in [0.717, 1.165) is 12.8 Å². The molecule has 0 aliphatic carbocycles. The molecular formula is C10H14BaS. The second-order valence-electron chi connectivity index (χ2n) is 2.57. The fourth-order valence-corrected chi connectivity index (χ4v) is 1.66. The first-order valence-corrected chi connectivity index (χ1v) is 4.94. The van der Waals surface area contributed by atoms with Crippen molar-refractivity contribution < 1.29 is 0 Å². The molecule has 12 heavy (non-hydrogen) atoms. The quantitative estimate of drug-likeness (QED) is 0.445. The van der Waals surface area contributed by atoms with E-state index in [1.165, 1.54) is 17.7 Å². The minimum Gasteiger partial charge on any atom is -0.343 e. The molecule has 0 N–H and O–H groups in total. The van der Waals surface area contributed by atoms with Crippen molar-refractivity contribution in [3.63, 3.8) is 0 Å². The molecule has 0 saturated carbocycles. The van der Waals surface area contributed by atoms with Crippen LogP contribution in [0.3, 0.4) is 0 Å². The molecule has 0 saturated heterocycles. The Kier molecular flexibility index (Phi) is 9.79. The monoisotopic (exact) mass is 304 g/mol. The fraction of sp³-hybridized carbons (Fsp3) is 0.400. The second kappa shape index (κ2) is 8.85. The molecule has 0 spiro atoms. The van der Waals surface area contributed by atoms with Crippen molar-refractivity contribution >= 4 is 60.2 Å². The first kappa shape index (κ1) is 13.3. The Bertz CT molecular complexity index is 170. The van der Waals surface area contributed by atoms with E-state index in [1.807, 2.05) is 11.3 Å². The largest absolute Gasteiger partial charge is 2.00 e. The van der Waals surface area contributed by atoms with E-state index in [9.17, 15) is 0 Å². The first-order valence-electron chi connectivity index (χ1n) is 4.07. The molecule has 2 heteroatoms. The summed E-state index contributed by atoms with van der Waals surface area (Å²) in [6, 6.07) is 4.29. The van der Waals surface area contributed by atoms with E-state index in [2.05, 4.69) is 30.9 Å². The summed E-state index contributed by atoms with van der Waals surface area (Å²) in [4.78, 5) is 1.47. The van der Waals surface area contributed by atoms with E-state index in [-0.39, 0.29) is 48.9 Å². The van der Waals surface area contributed by atoms with Gasteiger partial charge in [0.2, 0.25) is 0 Å². The Labute approximate surface area is 120 Å². The SMILES string of the molecule is [Ba+2].[CH2-]CCC[CH-]Cc1cccs1.